The standard InChI is InChI=1S/C12H23N/c1-2-13-9-7-12(8-10-13)11-5-3-4-6-11/h11-12H,2-10H2,1H3. The highest BCUT2D eigenvalue weighted by Gasteiger charge is 2.27. The van der Waals surface area contributed by atoms with Gasteiger partial charge in [0, 0.05) is 0 Å². The number of hydrogen-bond donors (Lipinski definition) is 0. The summed E-state index contributed by atoms with van der Waals surface area (Å²) < 4.78 is 0. The quantitative estimate of drug-likeness (QED) is 0.633. The lowest BCUT2D eigenvalue weighted by Gasteiger charge is -2.34. The monoisotopic (exact) mass is 181 g/mol. The fraction of sp³-hybridized carbons (Fsp3) is 1.00. The number of likely N-dealkylation sites (tertiary alicyclic amines) is 1. The van der Waals surface area contributed by atoms with Crippen LogP contribution in [-0.4, -0.2) is 24.5 Å². The van der Waals surface area contributed by atoms with Crippen LogP contribution in [0.5, 0.6) is 0 Å². The normalized spacial score (nSPS) is 28.4. The van der Waals surface area contributed by atoms with Gasteiger partial charge in [-0.1, -0.05) is 32.6 Å². The van der Waals surface area contributed by atoms with Gasteiger partial charge >= 0.3 is 0 Å². The van der Waals surface area contributed by atoms with Crippen LogP contribution < -0.4 is 0 Å². The van der Waals surface area contributed by atoms with Crippen LogP contribution in [0, 0.1) is 11.8 Å². The zero-order valence-electron chi connectivity index (χ0n) is 8.97. The first-order chi connectivity index (χ1) is 6.40. The molecule has 0 radical (unpaired) electrons. The van der Waals surface area contributed by atoms with Gasteiger partial charge in [0.15, 0.2) is 0 Å². The van der Waals surface area contributed by atoms with Gasteiger partial charge in [-0.05, 0) is 44.3 Å². The summed E-state index contributed by atoms with van der Waals surface area (Å²) >= 11 is 0. The Hall–Kier alpha value is -0.0400. The first kappa shape index (κ1) is 9.51. The minimum atomic E-state index is 1.09. The van der Waals surface area contributed by atoms with E-state index in [9.17, 15) is 0 Å². The number of piperidine rings is 1. The molecule has 2 fully saturated rings. The lowest BCUT2D eigenvalue weighted by Crippen LogP contribution is -2.35. The van der Waals surface area contributed by atoms with E-state index in [0.29, 0.717) is 0 Å². The van der Waals surface area contributed by atoms with Crippen molar-refractivity contribution in [2.75, 3.05) is 19.6 Å². The second-order valence-corrected chi connectivity index (χ2v) is 4.82. The molecule has 13 heavy (non-hydrogen) atoms. The van der Waals surface area contributed by atoms with Gasteiger partial charge < -0.3 is 4.90 Å². The van der Waals surface area contributed by atoms with Gasteiger partial charge in [0.25, 0.3) is 0 Å². The highest BCUT2D eigenvalue weighted by atomic mass is 15.1. The van der Waals surface area contributed by atoms with E-state index in [0.717, 1.165) is 11.8 Å². The van der Waals surface area contributed by atoms with Crippen molar-refractivity contribution in [3.8, 4) is 0 Å². The topological polar surface area (TPSA) is 3.24 Å². The first-order valence-electron chi connectivity index (χ1n) is 6.12. The molecule has 0 atom stereocenters. The molecule has 0 N–H and O–H groups in total. The molecule has 0 aromatic heterocycles. The summed E-state index contributed by atoms with van der Waals surface area (Å²) in [6.45, 7) is 6.29. The van der Waals surface area contributed by atoms with E-state index in [4.69, 9.17) is 0 Å². The van der Waals surface area contributed by atoms with Gasteiger partial charge in [0.2, 0.25) is 0 Å². The van der Waals surface area contributed by atoms with E-state index in [-0.39, 0.29) is 0 Å². The average molecular weight is 181 g/mol. The first-order valence-corrected chi connectivity index (χ1v) is 6.12. The van der Waals surface area contributed by atoms with E-state index < -0.39 is 0 Å². The molecule has 1 aliphatic carbocycles. The Balaban J connectivity index is 1.77. The molecule has 0 spiro atoms. The maximum atomic E-state index is 2.60. The Morgan fingerprint density at radius 2 is 1.46 bits per heavy atom. The van der Waals surface area contributed by atoms with Crippen molar-refractivity contribution >= 4 is 0 Å². The lowest BCUT2D eigenvalue weighted by atomic mass is 9.83. The third-order valence-electron chi connectivity index (χ3n) is 4.15. The van der Waals surface area contributed by atoms with Gasteiger partial charge in [-0.25, -0.2) is 0 Å². The van der Waals surface area contributed by atoms with E-state index in [2.05, 4.69) is 11.8 Å². The molecule has 0 amide bonds. The predicted octanol–water partition coefficient (Wildman–Crippen LogP) is 2.91. The van der Waals surface area contributed by atoms with Crippen molar-refractivity contribution in [1.29, 1.82) is 0 Å². The predicted molar refractivity (Wildman–Crippen MR) is 56.8 cm³/mol. The Kier molecular flexibility index (Phi) is 3.26. The van der Waals surface area contributed by atoms with Crippen molar-refractivity contribution < 1.29 is 0 Å². The highest BCUT2D eigenvalue weighted by Crippen LogP contribution is 2.36. The molecule has 1 aliphatic heterocycles. The SMILES string of the molecule is CCN1CCC(C2CCCC2)CC1. The van der Waals surface area contributed by atoms with E-state index in [1.807, 2.05) is 0 Å². The molecule has 0 aromatic carbocycles. The minimum absolute atomic E-state index is 1.09. The summed E-state index contributed by atoms with van der Waals surface area (Å²) in [4.78, 5) is 2.60. The van der Waals surface area contributed by atoms with Crippen LogP contribution in [0.15, 0.2) is 0 Å². The summed E-state index contributed by atoms with van der Waals surface area (Å²) in [6, 6.07) is 0. The molecular formula is C12H23N. The molecule has 1 saturated carbocycles. The molecule has 2 aliphatic rings. The summed E-state index contributed by atoms with van der Waals surface area (Å²) in [5.74, 6) is 2.20. The van der Waals surface area contributed by atoms with Gasteiger partial charge in [0.05, 0.1) is 0 Å². The minimum Gasteiger partial charge on any atom is -0.304 e. The Morgan fingerprint density at radius 3 is 2.00 bits per heavy atom. The van der Waals surface area contributed by atoms with Gasteiger partial charge in [-0.3, -0.25) is 0 Å². The van der Waals surface area contributed by atoms with Crippen LogP contribution in [0.2, 0.25) is 0 Å². The molecule has 1 heterocycles. The van der Waals surface area contributed by atoms with Crippen molar-refractivity contribution in [3.05, 3.63) is 0 Å². The Labute approximate surface area is 82.5 Å². The molecule has 1 saturated heterocycles. The fourth-order valence-corrected chi connectivity index (χ4v) is 3.17. The number of nitrogens with zero attached hydrogens (tertiary/aromatic N) is 1. The van der Waals surface area contributed by atoms with Gasteiger partial charge in [-0.2, -0.15) is 0 Å². The maximum absolute atomic E-state index is 2.60. The second kappa shape index (κ2) is 4.45. The van der Waals surface area contributed by atoms with Crippen LogP contribution in [0.1, 0.15) is 45.4 Å². The van der Waals surface area contributed by atoms with E-state index in [1.54, 1.807) is 0 Å². The van der Waals surface area contributed by atoms with Crippen LogP contribution in [0.25, 0.3) is 0 Å². The number of hydrogen-bond acceptors (Lipinski definition) is 1. The highest BCUT2D eigenvalue weighted by molar-refractivity contribution is 4.80. The summed E-state index contributed by atoms with van der Waals surface area (Å²) in [7, 11) is 0. The molecule has 0 bridgehead atoms. The summed E-state index contributed by atoms with van der Waals surface area (Å²) in [5, 5.41) is 0. The molecule has 2 rings (SSSR count). The fourth-order valence-electron chi connectivity index (χ4n) is 3.17. The van der Waals surface area contributed by atoms with Gasteiger partial charge in [0.1, 0.15) is 0 Å². The van der Waals surface area contributed by atoms with Crippen LogP contribution in [0.4, 0.5) is 0 Å². The van der Waals surface area contributed by atoms with Crippen LogP contribution >= 0.6 is 0 Å². The molecule has 0 aromatic rings. The summed E-state index contributed by atoms with van der Waals surface area (Å²) in [6.07, 6.45) is 9.07. The van der Waals surface area contributed by atoms with Gasteiger partial charge in [-0.15, -0.1) is 0 Å². The average Bonchev–Trinajstić information content (AvgIpc) is 2.71. The molecular weight excluding hydrogens is 158 g/mol. The molecule has 0 unspecified atom stereocenters. The van der Waals surface area contributed by atoms with Crippen LogP contribution in [0.3, 0.4) is 0 Å². The third kappa shape index (κ3) is 2.25. The van der Waals surface area contributed by atoms with Crippen molar-refractivity contribution in [3.63, 3.8) is 0 Å². The van der Waals surface area contributed by atoms with Crippen molar-refractivity contribution in [2.45, 2.75) is 45.4 Å². The third-order valence-corrected chi connectivity index (χ3v) is 4.15. The second-order valence-electron chi connectivity index (χ2n) is 4.82. The number of rotatable bonds is 2. The van der Waals surface area contributed by atoms with E-state index in [1.165, 1.54) is 58.2 Å². The largest absolute Gasteiger partial charge is 0.304 e. The van der Waals surface area contributed by atoms with Crippen molar-refractivity contribution in [1.82, 2.24) is 4.90 Å². The molecule has 1 heteroatoms. The maximum Gasteiger partial charge on any atom is -0.00161 e. The zero-order valence-corrected chi connectivity index (χ0v) is 8.97. The molecule has 76 valence electrons. The Bertz CT molecular complexity index is 141. The summed E-state index contributed by atoms with van der Waals surface area (Å²) in [5.41, 5.74) is 0. The Morgan fingerprint density at radius 1 is 0.923 bits per heavy atom. The van der Waals surface area contributed by atoms with Crippen molar-refractivity contribution in [2.24, 2.45) is 11.8 Å². The van der Waals surface area contributed by atoms with Crippen LogP contribution in [-0.2, 0) is 0 Å². The molecule has 1 nitrogen and oxygen atoms in total. The zero-order chi connectivity index (χ0) is 9.10. The lowest BCUT2D eigenvalue weighted by molar-refractivity contribution is 0.154. The smallest absolute Gasteiger partial charge is 0.00161 e. The van der Waals surface area contributed by atoms with E-state index >= 15 is 0 Å².